The second-order valence-electron chi connectivity index (χ2n) is 9.57. The van der Waals surface area contributed by atoms with E-state index in [1.165, 1.54) is 89.9 Å². The fraction of sp³-hybridized carbons (Fsp3) is 0.750. The Balaban J connectivity index is 1.79. The lowest BCUT2D eigenvalue weighted by atomic mass is 10.0. The second-order valence-corrected chi connectivity index (χ2v) is 10.4. The Morgan fingerprint density at radius 3 is 1.73 bits per heavy atom. The third kappa shape index (κ3) is 18.1. The van der Waals surface area contributed by atoms with Crippen molar-refractivity contribution in [1.82, 2.24) is 0 Å². The standard InChI is InChI=1S/C28H46Cl2O3/c1-24(2)18-16-14-12-10-8-6-4-3-5-7-9-11-13-15-17-21-32-28(31)23-33-27-20-19-25(29)22-26(27)30/h19-20,22,24H,3-18,21,23H2,1-2H3. The van der Waals surface area contributed by atoms with Gasteiger partial charge in [-0.3, -0.25) is 0 Å². The minimum atomic E-state index is -0.368. The monoisotopic (exact) mass is 500 g/mol. The lowest BCUT2D eigenvalue weighted by molar-refractivity contribution is -0.146. The van der Waals surface area contributed by atoms with Gasteiger partial charge in [0.15, 0.2) is 6.61 Å². The molecule has 0 atom stereocenters. The van der Waals surface area contributed by atoms with Crippen LogP contribution in [0, 0.1) is 5.92 Å². The molecule has 0 saturated heterocycles. The van der Waals surface area contributed by atoms with E-state index in [0.717, 1.165) is 18.8 Å². The van der Waals surface area contributed by atoms with Crippen molar-refractivity contribution in [3.8, 4) is 5.75 Å². The zero-order valence-corrected chi connectivity index (χ0v) is 22.5. The molecule has 0 saturated carbocycles. The Morgan fingerprint density at radius 1 is 0.758 bits per heavy atom. The van der Waals surface area contributed by atoms with Gasteiger partial charge in [0.2, 0.25) is 0 Å². The molecule has 0 aliphatic rings. The molecule has 0 amide bonds. The summed E-state index contributed by atoms with van der Waals surface area (Å²) in [4.78, 5) is 11.8. The van der Waals surface area contributed by atoms with Crippen LogP contribution in [0.3, 0.4) is 0 Å². The van der Waals surface area contributed by atoms with E-state index in [2.05, 4.69) is 13.8 Å². The van der Waals surface area contributed by atoms with Crippen LogP contribution in [0.5, 0.6) is 5.75 Å². The second kappa shape index (κ2) is 20.4. The molecule has 0 N–H and O–H groups in total. The normalized spacial score (nSPS) is 11.2. The summed E-state index contributed by atoms with van der Waals surface area (Å²) in [5, 5.41) is 0.918. The predicted octanol–water partition coefficient (Wildman–Crippen LogP) is 9.81. The first-order valence-corrected chi connectivity index (χ1v) is 14.0. The maximum Gasteiger partial charge on any atom is 0.344 e. The van der Waals surface area contributed by atoms with Gasteiger partial charge in [-0.05, 0) is 30.5 Å². The van der Waals surface area contributed by atoms with Gasteiger partial charge >= 0.3 is 5.97 Å². The first-order valence-electron chi connectivity index (χ1n) is 13.2. The predicted molar refractivity (Wildman–Crippen MR) is 142 cm³/mol. The maximum atomic E-state index is 11.8. The molecule has 0 heterocycles. The van der Waals surface area contributed by atoms with Gasteiger partial charge in [0.05, 0.1) is 11.6 Å². The zero-order valence-electron chi connectivity index (χ0n) is 21.0. The molecule has 190 valence electrons. The van der Waals surface area contributed by atoms with Crippen LogP contribution in [-0.4, -0.2) is 19.2 Å². The summed E-state index contributed by atoms with van der Waals surface area (Å²) in [6.45, 7) is 4.95. The van der Waals surface area contributed by atoms with E-state index in [0.29, 0.717) is 22.4 Å². The molecule has 5 heteroatoms. The van der Waals surface area contributed by atoms with Crippen molar-refractivity contribution in [2.24, 2.45) is 5.92 Å². The highest BCUT2D eigenvalue weighted by Crippen LogP contribution is 2.27. The number of esters is 1. The summed E-state index contributed by atoms with van der Waals surface area (Å²) < 4.78 is 10.6. The molecule has 0 spiro atoms. The van der Waals surface area contributed by atoms with Gasteiger partial charge in [-0.1, -0.05) is 133 Å². The smallest absolute Gasteiger partial charge is 0.344 e. The van der Waals surface area contributed by atoms with E-state index >= 15 is 0 Å². The van der Waals surface area contributed by atoms with E-state index in [1.54, 1.807) is 18.2 Å². The van der Waals surface area contributed by atoms with Gasteiger partial charge in [0.1, 0.15) is 5.75 Å². The number of unbranched alkanes of at least 4 members (excludes halogenated alkanes) is 14. The summed E-state index contributed by atoms with van der Waals surface area (Å²) in [6.07, 6.45) is 21.3. The Bertz CT molecular complexity index is 619. The third-order valence-electron chi connectivity index (χ3n) is 5.93. The van der Waals surface area contributed by atoms with Crippen LogP contribution in [0.15, 0.2) is 18.2 Å². The molecule has 0 radical (unpaired) electrons. The quantitative estimate of drug-likeness (QED) is 0.124. The molecule has 0 aromatic heterocycles. The Labute approximate surface area is 212 Å². The molecule has 3 nitrogen and oxygen atoms in total. The Morgan fingerprint density at radius 2 is 1.24 bits per heavy atom. The fourth-order valence-corrected chi connectivity index (χ4v) is 4.37. The Hall–Kier alpha value is -0.930. The van der Waals surface area contributed by atoms with Crippen molar-refractivity contribution in [2.75, 3.05) is 13.2 Å². The van der Waals surface area contributed by atoms with E-state index in [1.807, 2.05) is 0 Å². The van der Waals surface area contributed by atoms with E-state index in [-0.39, 0.29) is 12.6 Å². The van der Waals surface area contributed by atoms with Gasteiger partial charge in [0, 0.05) is 5.02 Å². The summed E-state index contributed by atoms with van der Waals surface area (Å²) in [5.74, 6) is 0.931. The van der Waals surface area contributed by atoms with Crippen molar-refractivity contribution >= 4 is 29.2 Å². The maximum absolute atomic E-state index is 11.8. The third-order valence-corrected chi connectivity index (χ3v) is 6.46. The first-order chi connectivity index (χ1) is 16.0. The van der Waals surface area contributed by atoms with Crippen LogP contribution in [-0.2, 0) is 9.53 Å². The topological polar surface area (TPSA) is 35.5 Å². The lowest BCUT2D eigenvalue weighted by Crippen LogP contribution is -2.15. The molecule has 33 heavy (non-hydrogen) atoms. The van der Waals surface area contributed by atoms with E-state index in [9.17, 15) is 4.79 Å². The van der Waals surface area contributed by atoms with Gasteiger partial charge in [-0.2, -0.15) is 0 Å². The highest BCUT2D eigenvalue weighted by molar-refractivity contribution is 6.35. The van der Waals surface area contributed by atoms with Crippen molar-refractivity contribution < 1.29 is 14.3 Å². The van der Waals surface area contributed by atoms with Crippen LogP contribution in [0.1, 0.15) is 117 Å². The van der Waals surface area contributed by atoms with Crippen molar-refractivity contribution in [1.29, 1.82) is 0 Å². The van der Waals surface area contributed by atoms with Crippen LogP contribution in [0.4, 0.5) is 0 Å². The SMILES string of the molecule is CC(C)CCCCCCCCCCCCCCCCCOC(=O)COc1ccc(Cl)cc1Cl. The lowest BCUT2D eigenvalue weighted by Gasteiger charge is -2.08. The number of benzene rings is 1. The number of rotatable bonds is 21. The highest BCUT2D eigenvalue weighted by atomic mass is 35.5. The average molecular weight is 502 g/mol. The van der Waals surface area contributed by atoms with Gasteiger partial charge in [0.25, 0.3) is 0 Å². The molecule has 1 aromatic carbocycles. The van der Waals surface area contributed by atoms with Crippen LogP contribution in [0.2, 0.25) is 10.0 Å². The number of ether oxygens (including phenoxy) is 2. The fourth-order valence-electron chi connectivity index (χ4n) is 3.91. The average Bonchev–Trinajstić information content (AvgIpc) is 2.77. The molecule has 0 bridgehead atoms. The summed E-state index contributed by atoms with van der Waals surface area (Å²) in [6, 6.07) is 4.90. The molecule has 0 unspecified atom stereocenters. The Kier molecular flexibility index (Phi) is 18.6. The number of halogens is 2. The first kappa shape index (κ1) is 30.1. The molecular formula is C28H46Cl2O3. The summed E-state index contributed by atoms with van der Waals surface area (Å²) >= 11 is 11.9. The molecule has 0 aliphatic carbocycles. The largest absolute Gasteiger partial charge is 0.480 e. The number of carbonyl (C=O) groups is 1. The van der Waals surface area contributed by atoms with Crippen LogP contribution >= 0.6 is 23.2 Å². The molecule has 1 aromatic rings. The molecular weight excluding hydrogens is 455 g/mol. The van der Waals surface area contributed by atoms with Crippen molar-refractivity contribution in [3.05, 3.63) is 28.2 Å². The zero-order chi connectivity index (χ0) is 24.2. The van der Waals surface area contributed by atoms with Crippen molar-refractivity contribution in [3.63, 3.8) is 0 Å². The summed E-state index contributed by atoms with van der Waals surface area (Å²) in [7, 11) is 0. The van der Waals surface area contributed by atoms with Crippen LogP contribution in [0.25, 0.3) is 0 Å². The minimum Gasteiger partial charge on any atom is -0.480 e. The summed E-state index contributed by atoms with van der Waals surface area (Å²) in [5.41, 5.74) is 0. The van der Waals surface area contributed by atoms with E-state index in [4.69, 9.17) is 32.7 Å². The minimum absolute atomic E-state index is 0.139. The molecule has 0 aliphatic heterocycles. The number of carbonyl (C=O) groups excluding carboxylic acids is 1. The van der Waals surface area contributed by atoms with Crippen molar-refractivity contribution in [2.45, 2.75) is 117 Å². The van der Waals surface area contributed by atoms with Crippen LogP contribution < -0.4 is 4.74 Å². The number of hydrogen-bond acceptors (Lipinski definition) is 3. The highest BCUT2D eigenvalue weighted by Gasteiger charge is 2.07. The van der Waals surface area contributed by atoms with Gasteiger partial charge < -0.3 is 9.47 Å². The van der Waals surface area contributed by atoms with E-state index < -0.39 is 0 Å². The molecule has 0 fully saturated rings. The number of hydrogen-bond donors (Lipinski definition) is 0. The van der Waals surface area contributed by atoms with Gasteiger partial charge in [-0.15, -0.1) is 0 Å². The van der Waals surface area contributed by atoms with Gasteiger partial charge in [-0.25, -0.2) is 4.79 Å². The molecule has 1 rings (SSSR count).